The van der Waals surface area contributed by atoms with Gasteiger partial charge in [-0.25, -0.2) is 4.79 Å². The Morgan fingerprint density at radius 2 is 2.00 bits per heavy atom. The zero-order chi connectivity index (χ0) is 15.3. The Hall–Kier alpha value is -1.75. The molecule has 2 unspecified atom stereocenters. The van der Waals surface area contributed by atoms with E-state index >= 15 is 0 Å². The van der Waals surface area contributed by atoms with Crippen molar-refractivity contribution in [1.29, 1.82) is 0 Å². The molecule has 4 rings (SSSR count). The molecular weight excluding hydrogens is 302 g/mol. The van der Waals surface area contributed by atoms with Crippen LogP contribution in [0.5, 0.6) is 0 Å². The van der Waals surface area contributed by atoms with Crippen LogP contribution in [0.25, 0.3) is 0 Å². The van der Waals surface area contributed by atoms with Gasteiger partial charge < -0.3 is 9.80 Å². The number of anilines is 1. The summed E-state index contributed by atoms with van der Waals surface area (Å²) in [6, 6.07) is 7.40. The summed E-state index contributed by atoms with van der Waals surface area (Å²) >= 11 is 6.05. The molecule has 0 bridgehead atoms. The van der Waals surface area contributed by atoms with Crippen molar-refractivity contribution in [3.8, 4) is 0 Å². The number of urea groups is 1. The lowest BCUT2D eigenvalue weighted by Crippen LogP contribution is -2.43. The maximum Gasteiger partial charge on any atom is 0.327 e. The number of nitrogens with zero attached hydrogens (tertiary/aromatic N) is 3. The van der Waals surface area contributed by atoms with Gasteiger partial charge in [-0.2, -0.15) is 0 Å². The minimum Gasteiger partial charge on any atom is -0.369 e. The van der Waals surface area contributed by atoms with Gasteiger partial charge in [-0.1, -0.05) is 17.7 Å². The number of carbonyl (C=O) groups excluding carboxylic acids is 2. The van der Waals surface area contributed by atoms with Gasteiger partial charge in [-0.15, -0.1) is 0 Å². The summed E-state index contributed by atoms with van der Waals surface area (Å²) in [6.07, 6.45) is 2.58. The molecule has 1 aromatic carbocycles. The van der Waals surface area contributed by atoms with E-state index in [2.05, 4.69) is 4.90 Å². The minimum absolute atomic E-state index is 0.000411. The second-order valence-corrected chi connectivity index (χ2v) is 6.65. The van der Waals surface area contributed by atoms with Gasteiger partial charge in [0.05, 0.1) is 6.04 Å². The van der Waals surface area contributed by atoms with Crippen molar-refractivity contribution >= 4 is 29.2 Å². The van der Waals surface area contributed by atoms with E-state index in [0.717, 1.165) is 38.0 Å². The monoisotopic (exact) mass is 319 g/mol. The molecule has 3 heterocycles. The lowest BCUT2D eigenvalue weighted by Gasteiger charge is -2.24. The molecule has 3 saturated heterocycles. The summed E-state index contributed by atoms with van der Waals surface area (Å²) in [4.78, 5) is 30.4. The first-order valence-corrected chi connectivity index (χ1v) is 8.17. The number of hydrogen-bond donors (Lipinski definition) is 0. The Morgan fingerprint density at radius 1 is 1.14 bits per heavy atom. The quantitative estimate of drug-likeness (QED) is 0.786. The molecule has 2 atom stereocenters. The molecule has 22 heavy (non-hydrogen) atoms. The number of hydrogen-bond acceptors (Lipinski definition) is 3. The van der Waals surface area contributed by atoms with Gasteiger partial charge in [-0.3, -0.25) is 9.69 Å². The van der Waals surface area contributed by atoms with E-state index in [1.165, 1.54) is 4.90 Å². The number of benzene rings is 1. The van der Waals surface area contributed by atoms with Gasteiger partial charge in [0.15, 0.2) is 0 Å². The van der Waals surface area contributed by atoms with Gasteiger partial charge in [0, 0.05) is 30.3 Å². The van der Waals surface area contributed by atoms with E-state index < -0.39 is 0 Å². The fraction of sp³-hybridized carbons (Fsp3) is 0.500. The highest BCUT2D eigenvalue weighted by atomic mass is 35.5. The van der Waals surface area contributed by atoms with Crippen molar-refractivity contribution in [2.45, 2.75) is 31.3 Å². The second kappa shape index (κ2) is 5.16. The predicted octanol–water partition coefficient (Wildman–Crippen LogP) is 2.35. The number of halogens is 1. The summed E-state index contributed by atoms with van der Waals surface area (Å²) in [5, 5.41) is 0.704. The van der Waals surface area contributed by atoms with Crippen LogP contribution in [-0.4, -0.2) is 53.5 Å². The van der Waals surface area contributed by atoms with Gasteiger partial charge in [0.25, 0.3) is 5.91 Å². The highest BCUT2D eigenvalue weighted by molar-refractivity contribution is 6.30. The highest BCUT2D eigenvalue weighted by Crippen LogP contribution is 2.32. The molecule has 0 aliphatic carbocycles. The topological polar surface area (TPSA) is 43.9 Å². The van der Waals surface area contributed by atoms with Crippen LogP contribution >= 0.6 is 11.6 Å². The first-order chi connectivity index (χ1) is 10.6. The lowest BCUT2D eigenvalue weighted by molar-refractivity contribution is -0.129. The van der Waals surface area contributed by atoms with Crippen LogP contribution in [0.3, 0.4) is 0 Å². The third-order valence-electron chi connectivity index (χ3n) is 4.93. The van der Waals surface area contributed by atoms with Gasteiger partial charge in [0.1, 0.15) is 6.04 Å². The molecule has 1 aromatic rings. The average molecular weight is 320 g/mol. The smallest absolute Gasteiger partial charge is 0.327 e. The fourth-order valence-corrected chi connectivity index (χ4v) is 4.03. The van der Waals surface area contributed by atoms with E-state index in [0.29, 0.717) is 11.6 Å². The Bertz CT molecular complexity index is 614. The molecule has 3 amide bonds. The molecule has 3 aliphatic heterocycles. The van der Waals surface area contributed by atoms with Crippen molar-refractivity contribution in [1.82, 2.24) is 9.80 Å². The summed E-state index contributed by atoms with van der Waals surface area (Å²) in [7, 11) is 0. The zero-order valence-electron chi connectivity index (χ0n) is 12.2. The largest absolute Gasteiger partial charge is 0.369 e. The van der Waals surface area contributed by atoms with Crippen molar-refractivity contribution < 1.29 is 9.59 Å². The molecule has 0 spiro atoms. The Balaban J connectivity index is 1.51. The maximum absolute atomic E-state index is 12.5. The van der Waals surface area contributed by atoms with E-state index in [-0.39, 0.29) is 24.0 Å². The summed E-state index contributed by atoms with van der Waals surface area (Å²) in [5.74, 6) is 0.000411. The number of amides is 3. The van der Waals surface area contributed by atoms with E-state index in [9.17, 15) is 9.59 Å². The molecule has 6 heteroatoms. The minimum atomic E-state index is -0.201. The van der Waals surface area contributed by atoms with Crippen molar-refractivity contribution in [2.75, 3.05) is 24.5 Å². The Kier molecular flexibility index (Phi) is 3.26. The molecule has 5 nitrogen and oxygen atoms in total. The summed E-state index contributed by atoms with van der Waals surface area (Å²) < 4.78 is 0. The maximum atomic E-state index is 12.5. The number of rotatable bonds is 2. The zero-order valence-corrected chi connectivity index (χ0v) is 13.0. The van der Waals surface area contributed by atoms with Gasteiger partial charge in [-0.05, 0) is 37.5 Å². The molecule has 0 aromatic heterocycles. The molecule has 3 fully saturated rings. The number of fused-ring (bicyclic) bond motifs is 1. The molecule has 3 aliphatic rings. The van der Waals surface area contributed by atoms with E-state index in [4.69, 9.17) is 11.6 Å². The van der Waals surface area contributed by atoms with Crippen LogP contribution in [0.4, 0.5) is 10.5 Å². The molecule has 0 saturated carbocycles. The first kappa shape index (κ1) is 13.9. The highest BCUT2D eigenvalue weighted by Gasteiger charge is 2.50. The van der Waals surface area contributed by atoms with Crippen LogP contribution in [0.1, 0.15) is 19.3 Å². The van der Waals surface area contributed by atoms with Crippen LogP contribution < -0.4 is 4.90 Å². The summed E-state index contributed by atoms with van der Waals surface area (Å²) in [6.45, 7) is 2.25. The van der Waals surface area contributed by atoms with E-state index in [1.807, 2.05) is 24.3 Å². The SMILES string of the molecule is O=C1C2CCCN2C(=O)N1C1CCN(c2cccc(Cl)c2)C1. The number of carbonyl (C=O) groups is 2. The molecule has 0 radical (unpaired) electrons. The predicted molar refractivity (Wildman–Crippen MR) is 84.0 cm³/mol. The average Bonchev–Trinajstić information content (AvgIpc) is 3.19. The van der Waals surface area contributed by atoms with Crippen LogP contribution in [0.2, 0.25) is 5.02 Å². The van der Waals surface area contributed by atoms with Gasteiger partial charge in [0.2, 0.25) is 0 Å². The van der Waals surface area contributed by atoms with Crippen molar-refractivity contribution in [3.05, 3.63) is 29.3 Å². The van der Waals surface area contributed by atoms with Crippen LogP contribution in [-0.2, 0) is 4.79 Å². The normalized spacial score (nSPS) is 28.0. The van der Waals surface area contributed by atoms with E-state index in [1.54, 1.807) is 4.90 Å². The Labute approximate surface area is 134 Å². The fourth-order valence-electron chi connectivity index (χ4n) is 3.84. The van der Waals surface area contributed by atoms with Crippen LogP contribution in [0, 0.1) is 0 Å². The molecule has 116 valence electrons. The van der Waals surface area contributed by atoms with Crippen LogP contribution in [0.15, 0.2) is 24.3 Å². The second-order valence-electron chi connectivity index (χ2n) is 6.21. The van der Waals surface area contributed by atoms with Gasteiger partial charge >= 0.3 is 6.03 Å². The number of imide groups is 1. The molecule has 0 N–H and O–H groups in total. The van der Waals surface area contributed by atoms with Crippen molar-refractivity contribution in [3.63, 3.8) is 0 Å². The summed E-state index contributed by atoms with van der Waals surface area (Å²) in [5.41, 5.74) is 1.05. The molecular formula is C16H18ClN3O2. The Morgan fingerprint density at radius 3 is 2.77 bits per heavy atom. The third kappa shape index (κ3) is 2.07. The standard InChI is InChI=1S/C16H18ClN3O2/c17-11-3-1-4-12(9-11)18-8-6-13(10-18)20-15(21)14-5-2-7-19(14)16(20)22/h1,3-4,9,13-14H,2,5-8,10H2. The first-order valence-electron chi connectivity index (χ1n) is 7.79. The third-order valence-corrected chi connectivity index (χ3v) is 5.16. The van der Waals surface area contributed by atoms with Crippen molar-refractivity contribution in [2.24, 2.45) is 0 Å². The lowest BCUT2D eigenvalue weighted by atomic mass is 10.2.